The Morgan fingerprint density at radius 1 is 1.13 bits per heavy atom. The van der Waals surface area contributed by atoms with E-state index in [2.05, 4.69) is 26.5 Å². The van der Waals surface area contributed by atoms with Gasteiger partial charge >= 0.3 is 11.9 Å². The Morgan fingerprint density at radius 2 is 1.97 bits per heavy atom. The molecule has 0 unspecified atom stereocenters. The van der Waals surface area contributed by atoms with Gasteiger partial charge in [-0.15, -0.1) is 11.3 Å². The first-order valence-electron chi connectivity index (χ1n) is 8.59. The fourth-order valence-electron chi connectivity index (χ4n) is 2.61. The molecule has 9 heteroatoms. The van der Waals surface area contributed by atoms with Gasteiger partial charge in [-0.1, -0.05) is 41.9 Å². The molecule has 4 rings (SSSR count). The number of thiophene rings is 1. The number of carbonyl (C=O) groups excluding carboxylic acids is 2. The van der Waals surface area contributed by atoms with E-state index in [0.29, 0.717) is 25.9 Å². The van der Waals surface area contributed by atoms with E-state index in [1.807, 2.05) is 24.3 Å². The zero-order valence-electron chi connectivity index (χ0n) is 15.1. The number of amides is 1. The van der Waals surface area contributed by atoms with E-state index in [1.165, 1.54) is 23.6 Å². The third-order valence-electron chi connectivity index (χ3n) is 3.97. The molecule has 6 nitrogen and oxygen atoms in total. The fraction of sp³-hybridized carbons (Fsp3) is 0. The highest BCUT2D eigenvalue weighted by Gasteiger charge is 2.19. The minimum Gasteiger partial charge on any atom is -0.444 e. The molecule has 0 radical (unpaired) electrons. The number of rotatable bonds is 5. The first kappa shape index (κ1) is 20.3. The number of benzene rings is 2. The van der Waals surface area contributed by atoms with Crippen LogP contribution in [0.4, 0.5) is 0 Å². The lowest BCUT2D eigenvalue weighted by Gasteiger charge is -2.04. The third kappa shape index (κ3) is 4.46. The average molecular weight is 504 g/mol. The highest BCUT2D eigenvalue weighted by atomic mass is 79.9. The first-order valence-corrected chi connectivity index (χ1v) is 10.6. The molecule has 0 spiro atoms. The van der Waals surface area contributed by atoms with Crippen LogP contribution in [-0.2, 0) is 0 Å². The molecule has 150 valence electrons. The molecule has 0 atom stereocenters. The maximum atomic E-state index is 12.6. The number of carbonyl (C=O) groups is 2. The molecule has 0 saturated carbocycles. The predicted octanol–water partition coefficient (Wildman–Crippen LogP) is 5.89. The Kier molecular flexibility index (Phi) is 5.98. The summed E-state index contributed by atoms with van der Waals surface area (Å²) in [5.41, 5.74) is 2.99. The van der Waals surface area contributed by atoms with Gasteiger partial charge in [-0.05, 0) is 51.8 Å². The third-order valence-corrected chi connectivity index (χ3v) is 6.05. The zero-order chi connectivity index (χ0) is 21.1. The van der Waals surface area contributed by atoms with Gasteiger partial charge in [-0.2, -0.15) is 5.10 Å². The van der Waals surface area contributed by atoms with E-state index in [9.17, 15) is 9.59 Å². The van der Waals surface area contributed by atoms with Crippen LogP contribution >= 0.6 is 38.9 Å². The van der Waals surface area contributed by atoms with Crippen LogP contribution < -0.4 is 10.2 Å². The number of esters is 1. The van der Waals surface area contributed by atoms with Crippen molar-refractivity contribution in [3.05, 3.63) is 86.6 Å². The molecule has 4 aromatic rings. The monoisotopic (exact) mass is 502 g/mol. The van der Waals surface area contributed by atoms with E-state index in [4.69, 9.17) is 20.8 Å². The summed E-state index contributed by atoms with van der Waals surface area (Å²) in [6.45, 7) is 0. The molecule has 0 aliphatic rings. The van der Waals surface area contributed by atoms with Crippen LogP contribution in [0.2, 0.25) is 5.02 Å². The number of ether oxygens (including phenoxy) is 1. The molecule has 1 N–H and O–H groups in total. The fourth-order valence-corrected chi connectivity index (χ4v) is 4.31. The summed E-state index contributed by atoms with van der Waals surface area (Å²) in [5.74, 6) is -0.563. The average Bonchev–Trinajstić information content (AvgIpc) is 3.32. The van der Waals surface area contributed by atoms with Crippen LogP contribution in [0.5, 0.6) is 5.75 Å². The Bertz CT molecular complexity index is 1280. The van der Waals surface area contributed by atoms with Crippen molar-refractivity contribution in [2.45, 2.75) is 0 Å². The lowest BCUT2D eigenvalue weighted by Crippen LogP contribution is -2.16. The molecule has 2 aromatic heterocycles. The van der Waals surface area contributed by atoms with Crippen LogP contribution in [0.25, 0.3) is 10.1 Å². The molecule has 1 amide bonds. The van der Waals surface area contributed by atoms with Gasteiger partial charge in [0.15, 0.2) is 10.4 Å². The number of nitrogens with zero attached hydrogens (tertiary/aromatic N) is 1. The molecule has 2 aromatic carbocycles. The summed E-state index contributed by atoms with van der Waals surface area (Å²) in [6.07, 6.45) is 1.43. The standard InChI is InChI=1S/C21H12BrClN2O4S/c22-17-9-8-15(29-17)20(26)25-24-11-12-4-3-5-13(10-12)28-21(27)19-18(23)14-6-1-2-7-16(14)30-19/h1-11H,(H,25,26)/b24-11+. The predicted molar refractivity (Wildman–Crippen MR) is 120 cm³/mol. The number of fused-ring (bicyclic) bond motifs is 1. The summed E-state index contributed by atoms with van der Waals surface area (Å²) in [4.78, 5) is 24.8. The summed E-state index contributed by atoms with van der Waals surface area (Å²) in [5, 5.41) is 5.09. The van der Waals surface area contributed by atoms with Crippen molar-refractivity contribution in [1.29, 1.82) is 0 Å². The van der Waals surface area contributed by atoms with Crippen LogP contribution in [-0.4, -0.2) is 18.1 Å². The van der Waals surface area contributed by atoms with E-state index in [0.717, 1.165) is 10.1 Å². The number of furan rings is 1. The second-order valence-electron chi connectivity index (χ2n) is 6.01. The van der Waals surface area contributed by atoms with Crippen molar-refractivity contribution in [2.75, 3.05) is 0 Å². The normalized spacial score (nSPS) is 11.1. The van der Waals surface area contributed by atoms with Gasteiger partial charge in [0.1, 0.15) is 10.6 Å². The lowest BCUT2D eigenvalue weighted by molar-refractivity contribution is 0.0740. The summed E-state index contributed by atoms with van der Waals surface area (Å²) < 4.78 is 12.0. The largest absolute Gasteiger partial charge is 0.444 e. The second-order valence-corrected chi connectivity index (χ2v) is 8.22. The Morgan fingerprint density at radius 3 is 2.73 bits per heavy atom. The Hall–Kier alpha value is -2.94. The minimum absolute atomic E-state index is 0.127. The van der Waals surface area contributed by atoms with Crippen LogP contribution in [0.1, 0.15) is 25.8 Å². The van der Waals surface area contributed by atoms with Gasteiger partial charge < -0.3 is 9.15 Å². The molecule has 0 fully saturated rings. The topological polar surface area (TPSA) is 80.9 Å². The van der Waals surface area contributed by atoms with Crippen LogP contribution in [0.3, 0.4) is 0 Å². The maximum Gasteiger partial charge on any atom is 0.355 e. The van der Waals surface area contributed by atoms with Crippen molar-refractivity contribution in [3.8, 4) is 5.75 Å². The van der Waals surface area contributed by atoms with Gasteiger partial charge in [0.05, 0.1) is 11.2 Å². The summed E-state index contributed by atoms with van der Waals surface area (Å²) >= 11 is 10.7. The molecular formula is C21H12BrClN2O4S. The number of hydrogen-bond acceptors (Lipinski definition) is 6. The quantitative estimate of drug-likeness (QED) is 0.159. The lowest BCUT2D eigenvalue weighted by atomic mass is 10.2. The second kappa shape index (κ2) is 8.83. The molecule has 0 aliphatic carbocycles. The van der Waals surface area contributed by atoms with E-state index in [-0.39, 0.29) is 5.76 Å². The zero-order valence-corrected chi connectivity index (χ0v) is 18.3. The molecule has 0 aliphatic heterocycles. The van der Waals surface area contributed by atoms with Gasteiger partial charge in [0.2, 0.25) is 0 Å². The van der Waals surface area contributed by atoms with Crippen molar-refractivity contribution < 1.29 is 18.7 Å². The SMILES string of the molecule is O=C(N/N=C/c1cccc(OC(=O)c2sc3ccccc3c2Cl)c1)c1ccc(Br)o1. The van der Waals surface area contributed by atoms with Gasteiger partial charge in [-0.25, -0.2) is 10.2 Å². The van der Waals surface area contributed by atoms with E-state index >= 15 is 0 Å². The van der Waals surface area contributed by atoms with Gasteiger partial charge in [-0.3, -0.25) is 4.79 Å². The van der Waals surface area contributed by atoms with Crippen molar-refractivity contribution in [1.82, 2.24) is 5.43 Å². The van der Waals surface area contributed by atoms with Gasteiger partial charge in [0.25, 0.3) is 0 Å². The molecule has 2 heterocycles. The number of hydrogen-bond donors (Lipinski definition) is 1. The van der Waals surface area contributed by atoms with Crippen molar-refractivity contribution in [2.24, 2.45) is 5.10 Å². The first-order chi connectivity index (χ1) is 14.5. The Balaban J connectivity index is 1.44. The van der Waals surface area contributed by atoms with E-state index in [1.54, 1.807) is 30.3 Å². The highest BCUT2D eigenvalue weighted by Crippen LogP contribution is 2.35. The number of nitrogens with one attached hydrogen (secondary N) is 1. The van der Waals surface area contributed by atoms with E-state index < -0.39 is 11.9 Å². The molecule has 0 bridgehead atoms. The highest BCUT2D eigenvalue weighted by molar-refractivity contribution is 9.10. The van der Waals surface area contributed by atoms with Crippen molar-refractivity contribution in [3.63, 3.8) is 0 Å². The number of hydrazone groups is 1. The van der Waals surface area contributed by atoms with Crippen LogP contribution in [0.15, 0.2) is 74.9 Å². The summed E-state index contributed by atoms with van der Waals surface area (Å²) in [7, 11) is 0. The smallest absolute Gasteiger partial charge is 0.355 e. The Labute approximate surface area is 188 Å². The molecular weight excluding hydrogens is 492 g/mol. The molecule has 0 saturated heterocycles. The maximum absolute atomic E-state index is 12.6. The summed E-state index contributed by atoms with van der Waals surface area (Å²) in [6, 6.07) is 17.4. The minimum atomic E-state index is -0.535. The van der Waals surface area contributed by atoms with Crippen molar-refractivity contribution >= 4 is 67.0 Å². The van der Waals surface area contributed by atoms with Crippen LogP contribution in [0, 0.1) is 0 Å². The molecule has 30 heavy (non-hydrogen) atoms. The van der Waals surface area contributed by atoms with Gasteiger partial charge in [0, 0.05) is 10.1 Å². The number of halogens is 2.